The van der Waals surface area contributed by atoms with Crippen LogP contribution < -0.4 is 0 Å². The van der Waals surface area contributed by atoms with E-state index in [0.29, 0.717) is 5.92 Å². The van der Waals surface area contributed by atoms with Crippen molar-refractivity contribution in [3.8, 4) is 0 Å². The average molecular weight is 184 g/mol. The molecular weight excluding hydrogens is 160 g/mol. The lowest BCUT2D eigenvalue weighted by Gasteiger charge is -2.33. The molecule has 1 rings (SSSR count). The zero-order valence-corrected chi connectivity index (χ0v) is 9.29. The van der Waals surface area contributed by atoms with Crippen LogP contribution in [0.25, 0.3) is 0 Å². The van der Waals surface area contributed by atoms with E-state index in [9.17, 15) is 5.11 Å². The van der Waals surface area contributed by atoms with E-state index in [0.717, 1.165) is 18.3 Å². The SMILES string of the molecule is CC[C@H](O)C1CCC(C(C)C)CC1. The van der Waals surface area contributed by atoms with Crippen LogP contribution in [0.3, 0.4) is 0 Å². The van der Waals surface area contributed by atoms with Crippen molar-refractivity contribution in [1.29, 1.82) is 0 Å². The van der Waals surface area contributed by atoms with Crippen LogP contribution in [-0.2, 0) is 0 Å². The quantitative estimate of drug-likeness (QED) is 0.714. The molecule has 1 heteroatoms. The lowest BCUT2D eigenvalue weighted by Crippen LogP contribution is -2.26. The van der Waals surface area contributed by atoms with Gasteiger partial charge in [-0.05, 0) is 49.9 Å². The zero-order valence-electron chi connectivity index (χ0n) is 9.29. The molecule has 0 bridgehead atoms. The monoisotopic (exact) mass is 184 g/mol. The summed E-state index contributed by atoms with van der Waals surface area (Å²) in [6, 6.07) is 0. The molecule has 0 amide bonds. The Morgan fingerprint density at radius 1 is 1.08 bits per heavy atom. The van der Waals surface area contributed by atoms with Gasteiger partial charge in [-0.15, -0.1) is 0 Å². The third-order valence-corrected chi connectivity index (χ3v) is 3.72. The first-order valence-corrected chi connectivity index (χ1v) is 5.83. The third-order valence-electron chi connectivity index (χ3n) is 3.72. The molecule has 1 aliphatic carbocycles. The Morgan fingerprint density at radius 2 is 1.54 bits per heavy atom. The highest BCUT2D eigenvalue weighted by Gasteiger charge is 2.26. The van der Waals surface area contributed by atoms with E-state index < -0.39 is 0 Å². The summed E-state index contributed by atoms with van der Waals surface area (Å²) in [4.78, 5) is 0. The summed E-state index contributed by atoms with van der Waals surface area (Å²) in [5.74, 6) is 2.35. The van der Waals surface area contributed by atoms with Crippen LogP contribution in [0.5, 0.6) is 0 Å². The number of rotatable bonds is 3. The van der Waals surface area contributed by atoms with Crippen molar-refractivity contribution in [1.82, 2.24) is 0 Å². The molecule has 0 aliphatic heterocycles. The summed E-state index contributed by atoms with van der Waals surface area (Å²) in [5, 5.41) is 9.71. The molecule has 1 fully saturated rings. The van der Waals surface area contributed by atoms with Gasteiger partial charge in [0.1, 0.15) is 0 Å². The number of aliphatic hydroxyl groups is 1. The molecule has 0 aromatic heterocycles. The zero-order chi connectivity index (χ0) is 9.84. The molecule has 0 unspecified atom stereocenters. The molecule has 1 saturated carbocycles. The summed E-state index contributed by atoms with van der Waals surface area (Å²) in [6.45, 7) is 6.72. The number of aliphatic hydroxyl groups excluding tert-OH is 1. The predicted molar refractivity (Wildman–Crippen MR) is 56.6 cm³/mol. The Bertz CT molecular complexity index is 134. The molecule has 1 atom stereocenters. The molecule has 78 valence electrons. The molecule has 0 radical (unpaired) electrons. The van der Waals surface area contributed by atoms with Crippen molar-refractivity contribution in [3.05, 3.63) is 0 Å². The first-order valence-electron chi connectivity index (χ1n) is 5.83. The minimum atomic E-state index is -0.0342. The standard InChI is InChI=1S/C12H24O/c1-4-12(13)11-7-5-10(6-8-11)9(2)3/h9-13H,4-8H2,1-3H3/t10?,11?,12-/m0/s1. The number of hydrogen-bond acceptors (Lipinski definition) is 1. The minimum absolute atomic E-state index is 0.0342. The van der Waals surface area contributed by atoms with E-state index in [1.54, 1.807) is 0 Å². The average Bonchev–Trinajstić information content (AvgIpc) is 2.17. The van der Waals surface area contributed by atoms with Gasteiger partial charge in [0.05, 0.1) is 6.10 Å². The van der Waals surface area contributed by atoms with Crippen molar-refractivity contribution in [3.63, 3.8) is 0 Å². The Morgan fingerprint density at radius 3 is 1.92 bits per heavy atom. The maximum atomic E-state index is 9.71. The maximum Gasteiger partial charge on any atom is 0.0565 e. The van der Waals surface area contributed by atoms with Gasteiger partial charge in [0.2, 0.25) is 0 Å². The fourth-order valence-electron chi connectivity index (χ4n) is 2.53. The Labute approximate surface area is 82.5 Å². The van der Waals surface area contributed by atoms with Crippen LogP contribution in [0.2, 0.25) is 0 Å². The molecule has 1 nitrogen and oxygen atoms in total. The fourth-order valence-corrected chi connectivity index (χ4v) is 2.53. The second-order valence-corrected chi connectivity index (χ2v) is 4.89. The van der Waals surface area contributed by atoms with Crippen molar-refractivity contribution < 1.29 is 5.11 Å². The van der Waals surface area contributed by atoms with Crippen LogP contribution in [0.1, 0.15) is 52.9 Å². The van der Waals surface area contributed by atoms with Crippen LogP contribution in [0.4, 0.5) is 0 Å². The van der Waals surface area contributed by atoms with Gasteiger partial charge in [0.15, 0.2) is 0 Å². The largest absolute Gasteiger partial charge is 0.393 e. The van der Waals surface area contributed by atoms with Gasteiger partial charge in [-0.1, -0.05) is 20.8 Å². The second-order valence-electron chi connectivity index (χ2n) is 4.89. The third kappa shape index (κ3) is 2.98. The lowest BCUT2D eigenvalue weighted by atomic mass is 9.75. The number of hydrogen-bond donors (Lipinski definition) is 1. The summed E-state index contributed by atoms with van der Waals surface area (Å²) < 4.78 is 0. The highest BCUT2D eigenvalue weighted by molar-refractivity contribution is 4.78. The molecule has 1 N–H and O–H groups in total. The second kappa shape index (κ2) is 4.99. The Balaban J connectivity index is 2.30. The fraction of sp³-hybridized carbons (Fsp3) is 1.00. The Hall–Kier alpha value is -0.0400. The highest BCUT2D eigenvalue weighted by Crippen LogP contribution is 2.35. The van der Waals surface area contributed by atoms with E-state index in [-0.39, 0.29) is 6.10 Å². The topological polar surface area (TPSA) is 20.2 Å². The normalized spacial score (nSPS) is 32.1. The van der Waals surface area contributed by atoms with Gasteiger partial charge in [0.25, 0.3) is 0 Å². The van der Waals surface area contributed by atoms with Crippen molar-refractivity contribution in [2.75, 3.05) is 0 Å². The van der Waals surface area contributed by atoms with Gasteiger partial charge >= 0.3 is 0 Å². The van der Waals surface area contributed by atoms with Gasteiger partial charge in [0, 0.05) is 0 Å². The molecule has 1 aliphatic rings. The molecule has 0 saturated heterocycles. The van der Waals surface area contributed by atoms with E-state index in [2.05, 4.69) is 20.8 Å². The Kier molecular flexibility index (Phi) is 4.24. The first-order chi connectivity index (χ1) is 6.15. The van der Waals surface area contributed by atoms with Gasteiger partial charge in [-0.2, -0.15) is 0 Å². The van der Waals surface area contributed by atoms with Crippen LogP contribution in [-0.4, -0.2) is 11.2 Å². The summed E-state index contributed by atoms with van der Waals surface area (Å²) >= 11 is 0. The first kappa shape index (κ1) is 11.0. The minimum Gasteiger partial charge on any atom is -0.393 e. The van der Waals surface area contributed by atoms with Gasteiger partial charge in [-0.25, -0.2) is 0 Å². The predicted octanol–water partition coefficient (Wildman–Crippen LogP) is 3.22. The van der Waals surface area contributed by atoms with Crippen molar-refractivity contribution in [2.45, 2.75) is 59.0 Å². The lowest BCUT2D eigenvalue weighted by molar-refractivity contribution is 0.0645. The van der Waals surface area contributed by atoms with E-state index in [1.165, 1.54) is 25.7 Å². The van der Waals surface area contributed by atoms with Crippen LogP contribution in [0.15, 0.2) is 0 Å². The molecule has 0 aromatic rings. The van der Waals surface area contributed by atoms with E-state index in [4.69, 9.17) is 0 Å². The molecule has 13 heavy (non-hydrogen) atoms. The molecule has 0 heterocycles. The smallest absolute Gasteiger partial charge is 0.0565 e. The molecular formula is C12H24O. The summed E-state index contributed by atoms with van der Waals surface area (Å²) in [6.07, 6.45) is 6.05. The van der Waals surface area contributed by atoms with Crippen LogP contribution in [0, 0.1) is 17.8 Å². The maximum absolute atomic E-state index is 9.71. The molecule has 0 spiro atoms. The molecule has 0 aromatic carbocycles. The summed E-state index contributed by atoms with van der Waals surface area (Å²) in [5.41, 5.74) is 0. The van der Waals surface area contributed by atoms with E-state index in [1.807, 2.05) is 0 Å². The van der Waals surface area contributed by atoms with Crippen LogP contribution >= 0.6 is 0 Å². The van der Waals surface area contributed by atoms with Gasteiger partial charge in [-0.3, -0.25) is 0 Å². The van der Waals surface area contributed by atoms with Crippen molar-refractivity contribution in [2.24, 2.45) is 17.8 Å². The summed E-state index contributed by atoms with van der Waals surface area (Å²) in [7, 11) is 0. The van der Waals surface area contributed by atoms with Crippen molar-refractivity contribution >= 4 is 0 Å². The highest BCUT2D eigenvalue weighted by atomic mass is 16.3. The van der Waals surface area contributed by atoms with Gasteiger partial charge < -0.3 is 5.11 Å². The van der Waals surface area contributed by atoms with E-state index >= 15 is 0 Å².